The molecule has 1 unspecified atom stereocenters. The second-order valence-corrected chi connectivity index (χ2v) is 11.6. The summed E-state index contributed by atoms with van der Waals surface area (Å²) in [5.41, 5.74) is 3.68. The van der Waals surface area contributed by atoms with E-state index in [4.69, 9.17) is 0 Å². The van der Waals surface area contributed by atoms with Gasteiger partial charge in [0.25, 0.3) is 0 Å². The van der Waals surface area contributed by atoms with Crippen LogP contribution in [-0.4, -0.2) is 11.7 Å². The Kier molecular flexibility index (Phi) is 12.0. The Hall–Kier alpha value is -0.880. The number of unbranched alkanes of at least 4 members (excludes halogenated alkanes) is 9. The van der Waals surface area contributed by atoms with Gasteiger partial charge in [0, 0.05) is 11.7 Å². The average molecular weight is 433 g/mol. The largest absolute Gasteiger partial charge is 0.318 e. The van der Waals surface area contributed by atoms with E-state index in [-0.39, 0.29) is 5.52 Å². The summed E-state index contributed by atoms with van der Waals surface area (Å²) in [5.74, 6) is 1.06. The van der Waals surface area contributed by atoms with Gasteiger partial charge >= 0.3 is 0 Å². The fourth-order valence-corrected chi connectivity index (χ4v) is 6.69. The second-order valence-electron chi connectivity index (χ2n) is 9.75. The van der Waals surface area contributed by atoms with Gasteiger partial charge in [-0.3, -0.25) is 4.79 Å². The Morgan fingerprint density at radius 3 is 1.80 bits per heavy atom. The maximum atomic E-state index is 12.6. The molecule has 0 heterocycles. The maximum absolute atomic E-state index is 12.6. The first-order chi connectivity index (χ1) is 14.5. The highest BCUT2D eigenvalue weighted by molar-refractivity contribution is 7.64. The van der Waals surface area contributed by atoms with Gasteiger partial charge in [-0.25, -0.2) is 0 Å². The molecule has 1 aliphatic rings. The first kappa shape index (κ1) is 25.4. The van der Waals surface area contributed by atoms with E-state index in [9.17, 15) is 9.36 Å². The molecular weight excluding hydrogens is 387 g/mol. The van der Waals surface area contributed by atoms with Crippen LogP contribution < -0.4 is 0 Å². The third kappa shape index (κ3) is 9.09. The number of rotatable bonds is 15. The van der Waals surface area contributed by atoms with Crippen molar-refractivity contribution in [3.8, 4) is 0 Å². The Balaban J connectivity index is 1.45. The van der Waals surface area contributed by atoms with Gasteiger partial charge in [0.15, 0.2) is 0 Å². The minimum absolute atomic E-state index is 0.108. The third-order valence-corrected chi connectivity index (χ3v) is 8.46. The van der Waals surface area contributed by atoms with Gasteiger partial charge in [-0.1, -0.05) is 108 Å². The SMILES string of the molecule is Cc1cc(C)c(C(=O)[PH](=O)CCCCCCCCCCCCC2CCCC2)c(C)c1. The van der Waals surface area contributed by atoms with E-state index in [0.717, 1.165) is 35.4 Å². The lowest BCUT2D eigenvalue weighted by atomic mass is 9.99. The minimum atomic E-state index is -2.18. The molecule has 0 aromatic heterocycles. The molecular formula is C27H45O2P. The Morgan fingerprint density at radius 1 is 0.800 bits per heavy atom. The summed E-state index contributed by atoms with van der Waals surface area (Å²) in [7, 11) is -2.18. The molecule has 3 heteroatoms. The van der Waals surface area contributed by atoms with Crippen molar-refractivity contribution in [3.63, 3.8) is 0 Å². The highest BCUT2D eigenvalue weighted by Crippen LogP contribution is 2.32. The highest BCUT2D eigenvalue weighted by Gasteiger charge is 2.18. The molecule has 0 amide bonds. The van der Waals surface area contributed by atoms with Gasteiger partial charge < -0.3 is 4.57 Å². The molecule has 30 heavy (non-hydrogen) atoms. The zero-order valence-electron chi connectivity index (χ0n) is 19.9. The van der Waals surface area contributed by atoms with Gasteiger partial charge in [0.1, 0.15) is 7.80 Å². The monoisotopic (exact) mass is 432 g/mol. The van der Waals surface area contributed by atoms with Crippen molar-refractivity contribution in [3.05, 3.63) is 34.4 Å². The van der Waals surface area contributed by atoms with Crippen LogP contribution in [0.25, 0.3) is 0 Å². The van der Waals surface area contributed by atoms with Crippen molar-refractivity contribution in [1.29, 1.82) is 0 Å². The lowest BCUT2D eigenvalue weighted by Crippen LogP contribution is -2.02. The summed E-state index contributed by atoms with van der Waals surface area (Å²) in [6.07, 6.45) is 20.9. The summed E-state index contributed by atoms with van der Waals surface area (Å²) in [6, 6.07) is 4.04. The van der Waals surface area contributed by atoms with Crippen LogP contribution in [0.5, 0.6) is 0 Å². The molecule has 1 fully saturated rings. The van der Waals surface area contributed by atoms with Crippen molar-refractivity contribution >= 4 is 13.3 Å². The van der Waals surface area contributed by atoms with Crippen LogP contribution in [0, 0.1) is 26.7 Å². The van der Waals surface area contributed by atoms with E-state index < -0.39 is 7.80 Å². The molecule has 1 aromatic rings. The highest BCUT2D eigenvalue weighted by atomic mass is 31.1. The molecule has 1 aromatic carbocycles. The first-order valence-corrected chi connectivity index (χ1v) is 14.3. The van der Waals surface area contributed by atoms with Crippen molar-refractivity contribution < 1.29 is 9.36 Å². The minimum Gasteiger partial charge on any atom is -0.318 e. The summed E-state index contributed by atoms with van der Waals surface area (Å²) >= 11 is 0. The fraction of sp³-hybridized carbons (Fsp3) is 0.741. The molecule has 1 atom stereocenters. The summed E-state index contributed by atoms with van der Waals surface area (Å²) < 4.78 is 12.5. The van der Waals surface area contributed by atoms with Crippen molar-refractivity contribution in [2.45, 2.75) is 117 Å². The van der Waals surface area contributed by atoms with E-state index in [1.54, 1.807) is 0 Å². The van der Waals surface area contributed by atoms with Crippen LogP contribution in [0.15, 0.2) is 12.1 Å². The second kappa shape index (κ2) is 14.2. The fourth-order valence-electron chi connectivity index (χ4n) is 5.22. The molecule has 0 spiro atoms. The predicted molar refractivity (Wildman–Crippen MR) is 132 cm³/mol. The van der Waals surface area contributed by atoms with Gasteiger partial charge in [-0.2, -0.15) is 0 Å². The lowest BCUT2D eigenvalue weighted by molar-refractivity contribution is 0.107. The Morgan fingerprint density at radius 2 is 1.27 bits per heavy atom. The van der Waals surface area contributed by atoms with E-state index >= 15 is 0 Å². The van der Waals surface area contributed by atoms with Crippen molar-refractivity contribution in [1.82, 2.24) is 0 Å². The van der Waals surface area contributed by atoms with Crippen molar-refractivity contribution in [2.75, 3.05) is 6.16 Å². The molecule has 0 radical (unpaired) electrons. The molecule has 2 rings (SSSR count). The van der Waals surface area contributed by atoms with E-state index in [1.165, 1.54) is 83.5 Å². The number of hydrogen-bond acceptors (Lipinski definition) is 2. The molecule has 0 N–H and O–H groups in total. The van der Waals surface area contributed by atoms with Crippen LogP contribution in [0.1, 0.15) is 123 Å². The van der Waals surface area contributed by atoms with Gasteiger partial charge in [0.05, 0.1) is 0 Å². The number of carbonyl (C=O) groups is 1. The van der Waals surface area contributed by atoms with Gasteiger partial charge in [0.2, 0.25) is 5.52 Å². The molecule has 0 bridgehead atoms. The standard InChI is InChI=1S/C27H45O2P/c1-22-20-23(2)26(24(3)21-22)27(28)30(29)19-15-11-9-7-5-4-6-8-10-12-16-25-17-13-14-18-25/h20-21,25,30H,4-19H2,1-3H3. The number of benzene rings is 1. The normalized spacial score (nSPS) is 15.6. The van der Waals surface area contributed by atoms with Crippen LogP contribution in [0.2, 0.25) is 0 Å². The molecule has 1 saturated carbocycles. The summed E-state index contributed by atoms with van der Waals surface area (Å²) in [6.45, 7) is 5.95. The van der Waals surface area contributed by atoms with Gasteiger partial charge in [-0.05, 0) is 44.2 Å². The van der Waals surface area contributed by atoms with Crippen LogP contribution in [0.3, 0.4) is 0 Å². The predicted octanol–water partition coefficient (Wildman–Crippen LogP) is 8.79. The van der Waals surface area contributed by atoms with E-state index in [1.807, 2.05) is 32.9 Å². The summed E-state index contributed by atoms with van der Waals surface area (Å²) in [5, 5.41) is 0. The molecule has 1 aliphatic carbocycles. The Bertz CT molecular complexity index is 650. The van der Waals surface area contributed by atoms with Gasteiger partial charge in [-0.15, -0.1) is 0 Å². The lowest BCUT2D eigenvalue weighted by Gasteiger charge is -2.10. The quantitative estimate of drug-likeness (QED) is 0.205. The Labute approximate surface area is 186 Å². The molecule has 2 nitrogen and oxygen atoms in total. The first-order valence-electron chi connectivity index (χ1n) is 12.6. The van der Waals surface area contributed by atoms with Crippen LogP contribution in [0.4, 0.5) is 0 Å². The number of aryl methyl sites for hydroxylation is 3. The molecule has 0 saturated heterocycles. The number of hydrogen-bond donors (Lipinski definition) is 0. The molecule has 170 valence electrons. The third-order valence-electron chi connectivity index (χ3n) is 6.90. The van der Waals surface area contributed by atoms with Crippen LogP contribution >= 0.6 is 7.80 Å². The van der Waals surface area contributed by atoms with E-state index in [2.05, 4.69) is 0 Å². The summed E-state index contributed by atoms with van der Waals surface area (Å²) in [4.78, 5) is 12.6. The van der Waals surface area contributed by atoms with Crippen molar-refractivity contribution in [2.24, 2.45) is 5.92 Å². The topological polar surface area (TPSA) is 34.1 Å². The number of carbonyl (C=O) groups excluding carboxylic acids is 1. The molecule has 0 aliphatic heterocycles. The maximum Gasteiger partial charge on any atom is 0.219 e. The zero-order chi connectivity index (χ0) is 21.8. The van der Waals surface area contributed by atoms with Crippen LogP contribution in [-0.2, 0) is 4.57 Å². The smallest absolute Gasteiger partial charge is 0.219 e. The zero-order valence-corrected chi connectivity index (χ0v) is 20.9. The van der Waals surface area contributed by atoms with E-state index in [0.29, 0.717) is 11.7 Å². The average Bonchev–Trinajstić information content (AvgIpc) is 3.21.